The van der Waals surface area contributed by atoms with Crippen molar-refractivity contribution in [3.63, 3.8) is 0 Å². The molecule has 0 atom stereocenters. The van der Waals surface area contributed by atoms with Crippen molar-refractivity contribution in [1.82, 2.24) is 4.90 Å². The van der Waals surface area contributed by atoms with Gasteiger partial charge < -0.3 is 4.74 Å². The quantitative estimate of drug-likeness (QED) is 0.326. The Morgan fingerprint density at radius 2 is 2.06 bits per heavy atom. The number of benzene rings is 2. The molecular formula is C25H24BrN3O2S. The summed E-state index contributed by atoms with van der Waals surface area (Å²) in [5, 5.41) is 10.1. The standard InChI is InChI=1S/C25H24BrN3O2S/c1-4-9-18-12-17(14-22-24(30)29(6-3)25(32-22)28-5-2)13-21(26)23(18)31-16-20-11-8-7-10-19(20)15-27/h4,7-8,10-14H,1,5-6,9,16H2,2-3H3/b22-14-,28-25?. The summed E-state index contributed by atoms with van der Waals surface area (Å²) in [6, 6.07) is 13.5. The minimum atomic E-state index is -0.0282. The van der Waals surface area contributed by atoms with Crippen molar-refractivity contribution in [3.05, 3.63) is 80.7 Å². The minimum absolute atomic E-state index is 0.0282. The number of hydrogen-bond acceptors (Lipinski definition) is 5. The number of aliphatic imine (C=N–C) groups is 1. The van der Waals surface area contributed by atoms with Crippen molar-refractivity contribution in [2.24, 2.45) is 4.99 Å². The van der Waals surface area contributed by atoms with E-state index >= 15 is 0 Å². The molecule has 1 saturated heterocycles. The number of carbonyl (C=O) groups excluding carboxylic acids is 1. The van der Waals surface area contributed by atoms with Crippen LogP contribution in [0.4, 0.5) is 0 Å². The zero-order valence-electron chi connectivity index (χ0n) is 18.1. The maximum Gasteiger partial charge on any atom is 0.266 e. The van der Waals surface area contributed by atoms with Gasteiger partial charge in [0.15, 0.2) is 5.17 Å². The Morgan fingerprint density at radius 3 is 2.75 bits per heavy atom. The molecule has 1 aliphatic rings. The molecule has 0 aliphatic carbocycles. The first-order valence-electron chi connectivity index (χ1n) is 10.3. The largest absolute Gasteiger partial charge is 0.487 e. The molecule has 3 rings (SSSR count). The van der Waals surface area contributed by atoms with Crippen LogP contribution < -0.4 is 4.74 Å². The van der Waals surface area contributed by atoms with Crippen LogP contribution in [0.5, 0.6) is 5.75 Å². The number of amides is 1. The number of carbonyl (C=O) groups is 1. The molecule has 0 unspecified atom stereocenters. The Labute approximate surface area is 201 Å². The van der Waals surface area contributed by atoms with Crippen molar-refractivity contribution in [2.45, 2.75) is 26.9 Å². The molecule has 32 heavy (non-hydrogen) atoms. The number of nitrogens with zero attached hydrogens (tertiary/aromatic N) is 3. The number of halogens is 1. The lowest BCUT2D eigenvalue weighted by molar-refractivity contribution is -0.122. The molecule has 5 nitrogen and oxygen atoms in total. The van der Waals surface area contributed by atoms with Gasteiger partial charge in [0.05, 0.1) is 21.0 Å². The summed E-state index contributed by atoms with van der Waals surface area (Å²) in [5.74, 6) is 0.674. The van der Waals surface area contributed by atoms with E-state index in [1.54, 1.807) is 11.0 Å². The number of likely N-dealkylation sites (N-methyl/N-ethyl adjacent to an activating group) is 1. The summed E-state index contributed by atoms with van der Waals surface area (Å²) < 4.78 is 6.89. The lowest BCUT2D eigenvalue weighted by Gasteiger charge is -2.15. The molecule has 0 spiro atoms. The number of hydrogen-bond donors (Lipinski definition) is 0. The molecule has 0 radical (unpaired) electrons. The van der Waals surface area contributed by atoms with Crippen LogP contribution in [-0.2, 0) is 17.8 Å². The van der Waals surface area contributed by atoms with Gasteiger partial charge in [0, 0.05) is 18.7 Å². The summed E-state index contributed by atoms with van der Waals surface area (Å²) in [6.45, 7) is 9.27. The topological polar surface area (TPSA) is 65.7 Å². The average molecular weight is 510 g/mol. The van der Waals surface area contributed by atoms with E-state index in [0.717, 1.165) is 26.3 Å². The molecule has 0 aromatic heterocycles. The zero-order chi connectivity index (χ0) is 23.1. The Balaban J connectivity index is 1.91. The van der Waals surface area contributed by atoms with Gasteiger partial charge in [-0.1, -0.05) is 24.3 Å². The van der Waals surface area contributed by atoms with Gasteiger partial charge in [-0.05, 0) is 83.4 Å². The summed E-state index contributed by atoms with van der Waals surface area (Å²) in [5.41, 5.74) is 3.26. The third kappa shape index (κ3) is 5.32. The lowest BCUT2D eigenvalue weighted by Crippen LogP contribution is -2.28. The van der Waals surface area contributed by atoms with E-state index < -0.39 is 0 Å². The summed E-state index contributed by atoms with van der Waals surface area (Å²) in [7, 11) is 0. The molecule has 2 aromatic rings. The fourth-order valence-electron chi connectivity index (χ4n) is 3.32. The normalized spacial score (nSPS) is 15.9. The van der Waals surface area contributed by atoms with Crippen molar-refractivity contribution >= 4 is 44.8 Å². The van der Waals surface area contributed by atoms with Crippen molar-refractivity contribution in [2.75, 3.05) is 13.1 Å². The zero-order valence-corrected chi connectivity index (χ0v) is 20.5. The second-order valence-electron chi connectivity index (χ2n) is 6.96. The maximum absolute atomic E-state index is 12.8. The number of rotatable bonds is 8. The SMILES string of the molecule is C=CCc1cc(/C=C2\SC(=NCC)N(CC)C2=O)cc(Br)c1OCc1ccccc1C#N. The fourth-order valence-corrected chi connectivity index (χ4v) is 5.06. The predicted octanol–water partition coefficient (Wildman–Crippen LogP) is 5.94. The second kappa shape index (κ2) is 11.2. The minimum Gasteiger partial charge on any atom is -0.487 e. The molecular weight excluding hydrogens is 486 g/mol. The fraction of sp³-hybridized carbons (Fsp3) is 0.240. The van der Waals surface area contributed by atoms with Gasteiger partial charge in [-0.25, -0.2) is 0 Å². The van der Waals surface area contributed by atoms with Crippen LogP contribution in [0.1, 0.15) is 36.1 Å². The van der Waals surface area contributed by atoms with Crippen LogP contribution in [0, 0.1) is 11.3 Å². The molecule has 1 amide bonds. The van der Waals surface area contributed by atoms with E-state index in [-0.39, 0.29) is 12.5 Å². The predicted molar refractivity (Wildman–Crippen MR) is 134 cm³/mol. The maximum atomic E-state index is 12.8. The van der Waals surface area contributed by atoms with E-state index in [1.165, 1.54) is 11.8 Å². The van der Waals surface area contributed by atoms with E-state index in [4.69, 9.17) is 4.74 Å². The highest BCUT2D eigenvalue weighted by atomic mass is 79.9. The first kappa shape index (κ1) is 23.8. The third-order valence-corrected chi connectivity index (χ3v) is 6.45. The average Bonchev–Trinajstić information content (AvgIpc) is 3.07. The number of ether oxygens (including phenoxy) is 1. The summed E-state index contributed by atoms with van der Waals surface area (Å²) in [4.78, 5) is 19.6. The first-order chi connectivity index (χ1) is 15.5. The second-order valence-corrected chi connectivity index (χ2v) is 8.82. The van der Waals surface area contributed by atoms with E-state index in [9.17, 15) is 10.1 Å². The van der Waals surface area contributed by atoms with E-state index in [0.29, 0.717) is 35.7 Å². The van der Waals surface area contributed by atoms with Crippen LogP contribution in [0.25, 0.3) is 6.08 Å². The smallest absolute Gasteiger partial charge is 0.266 e. The number of nitriles is 1. The molecule has 0 saturated carbocycles. The van der Waals surface area contributed by atoms with Crippen LogP contribution in [0.15, 0.2) is 63.4 Å². The molecule has 0 bridgehead atoms. The number of thioether (sulfide) groups is 1. The summed E-state index contributed by atoms with van der Waals surface area (Å²) >= 11 is 5.03. The Morgan fingerprint density at radius 1 is 1.28 bits per heavy atom. The number of amidine groups is 1. The Kier molecular flexibility index (Phi) is 8.32. The van der Waals surface area contributed by atoms with Crippen LogP contribution in [0.2, 0.25) is 0 Å². The lowest BCUT2D eigenvalue weighted by atomic mass is 10.1. The van der Waals surface area contributed by atoms with Crippen molar-refractivity contribution in [3.8, 4) is 11.8 Å². The molecule has 1 aliphatic heterocycles. The van der Waals surface area contributed by atoms with Gasteiger partial charge >= 0.3 is 0 Å². The van der Waals surface area contributed by atoms with Gasteiger partial charge in [-0.15, -0.1) is 6.58 Å². The molecule has 1 heterocycles. The number of allylic oxidation sites excluding steroid dienone is 1. The van der Waals surface area contributed by atoms with Crippen LogP contribution in [0.3, 0.4) is 0 Å². The van der Waals surface area contributed by atoms with Gasteiger partial charge in [0.1, 0.15) is 12.4 Å². The molecule has 7 heteroatoms. The van der Waals surface area contributed by atoms with Gasteiger partial charge in [-0.3, -0.25) is 14.7 Å². The molecule has 0 N–H and O–H groups in total. The highest BCUT2D eigenvalue weighted by Crippen LogP contribution is 2.36. The van der Waals surface area contributed by atoms with E-state index in [2.05, 4.69) is 33.6 Å². The van der Waals surface area contributed by atoms with Gasteiger partial charge in [0.25, 0.3) is 5.91 Å². The molecule has 1 fully saturated rings. The van der Waals surface area contributed by atoms with E-state index in [1.807, 2.05) is 56.3 Å². The van der Waals surface area contributed by atoms with Crippen molar-refractivity contribution in [1.29, 1.82) is 5.26 Å². The van der Waals surface area contributed by atoms with Gasteiger partial charge in [-0.2, -0.15) is 5.26 Å². The van der Waals surface area contributed by atoms with Crippen LogP contribution in [-0.4, -0.2) is 29.1 Å². The Hall–Kier alpha value is -2.82. The van der Waals surface area contributed by atoms with Gasteiger partial charge in [0.2, 0.25) is 0 Å². The third-order valence-electron chi connectivity index (χ3n) is 4.81. The first-order valence-corrected chi connectivity index (χ1v) is 11.9. The molecule has 164 valence electrons. The highest BCUT2D eigenvalue weighted by Gasteiger charge is 2.31. The Bertz CT molecular complexity index is 1130. The highest BCUT2D eigenvalue weighted by molar-refractivity contribution is 9.10. The van der Waals surface area contributed by atoms with Crippen LogP contribution >= 0.6 is 27.7 Å². The monoisotopic (exact) mass is 509 g/mol. The van der Waals surface area contributed by atoms with Crippen molar-refractivity contribution < 1.29 is 9.53 Å². The molecule has 2 aromatic carbocycles. The summed E-state index contributed by atoms with van der Waals surface area (Å²) in [6.07, 6.45) is 4.31.